The van der Waals surface area contributed by atoms with Gasteiger partial charge in [0.25, 0.3) is 5.56 Å². The summed E-state index contributed by atoms with van der Waals surface area (Å²) in [6.07, 6.45) is 0.394. The van der Waals surface area contributed by atoms with E-state index in [4.69, 9.17) is 16.3 Å². The van der Waals surface area contributed by atoms with Crippen LogP contribution in [0.4, 0.5) is 0 Å². The van der Waals surface area contributed by atoms with Crippen molar-refractivity contribution in [1.82, 2.24) is 19.7 Å². The molecule has 7 heteroatoms. The van der Waals surface area contributed by atoms with Gasteiger partial charge >= 0.3 is 0 Å². The van der Waals surface area contributed by atoms with Gasteiger partial charge in [0.05, 0.1) is 18.2 Å². The first-order chi connectivity index (χ1) is 11.6. The molecular formula is C17H21ClN4O2. The molecule has 0 saturated carbocycles. The summed E-state index contributed by atoms with van der Waals surface area (Å²) in [6, 6.07) is 7.41. The average Bonchev–Trinajstić information content (AvgIpc) is 2.62. The van der Waals surface area contributed by atoms with Crippen LogP contribution in [0.3, 0.4) is 0 Å². The van der Waals surface area contributed by atoms with Gasteiger partial charge in [0.15, 0.2) is 5.82 Å². The summed E-state index contributed by atoms with van der Waals surface area (Å²) in [5.41, 5.74) is 1.09. The van der Waals surface area contributed by atoms with Crippen LogP contribution in [-0.2, 0) is 11.2 Å². The molecule has 1 aliphatic heterocycles. The zero-order valence-electron chi connectivity index (χ0n) is 13.9. The Hall–Kier alpha value is -1.76. The maximum Gasteiger partial charge on any atom is 0.289 e. The molecule has 0 spiro atoms. The number of benzene rings is 1. The highest BCUT2D eigenvalue weighted by molar-refractivity contribution is 6.33. The Balaban J connectivity index is 2.07. The van der Waals surface area contributed by atoms with E-state index in [-0.39, 0.29) is 11.7 Å². The predicted molar refractivity (Wildman–Crippen MR) is 93.2 cm³/mol. The summed E-state index contributed by atoms with van der Waals surface area (Å²) in [7, 11) is 0. The number of aryl methyl sites for hydroxylation is 1. The number of aromatic nitrogens is 3. The maximum absolute atomic E-state index is 12.7. The van der Waals surface area contributed by atoms with E-state index >= 15 is 0 Å². The third-order valence-corrected chi connectivity index (χ3v) is 4.61. The van der Waals surface area contributed by atoms with Gasteiger partial charge in [-0.25, -0.2) is 9.67 Å². The molecule has 128 valence electrons. The lowest BCUT2D eigenvalue weighted by Gasteiger charge is -2.32. The number of rotatable bonds is 4. The normalized spacial score (nSPS) is 17.0. The number of morpholine rings is 1. The summed E-state index contributed by atoms with van der Waals surface area (Å²) in [6.45, 7) is 6.80. The second-order valence-electron chi connectivity index (χ2n) is 5.75. The number of hydrogen-bond donors (Lipinski definition) is 0. The van der Waals surface area contributed by atoms with E-state index in [0.29, 0.717) is 36.2 Å². The molecule has 24 heavy (non-hydrogen) atoms. The van der Waals surface area contributed by atoms with Crippen LogP contribution < -0.4 is 5.56 Å². The highest BCUT2D eigenvalue weighted by Gasteiger charge is 2.22. The summed E-state index contributed by atoms with van der Waals surface area (Å²) in [4.78, 5) is 19.3. The van der Waals surface area contributed by atoms with E-state index in [0.717, 1.165) is 18.7 Å². The Kier molecular flexibility index (Phi) is 5.28. The Morgan fingerprint density at radius 3 is 2.67 bits per heavy atom. The molecule has 1 aromatic heterocycles. The summed E-state index contributed by atoms with van der Waals surface area (Å²) >= 11 is 6.28. The van der Waals surface area contributed by atoms with Crippen LogP contribution >= 0.6 is 11.6 Å². The Morgan fingerprint density at radius 1 is 1.29 bits per heavy atom. The molecule has 6 nitrogen and oxygen atoms in total. The number of nitrogens with zero attached hydrogens (tertiary/aromatic N) is 4. The summed E-state index contributed by atoms with van der Waals surface area (Å²) < 4.78 is 6.91. The summed E-state index contributed by atoms with van der Waals surface area (Å²) in [5.74, 6) is 0.483. The molecule has 0 bridgehead atoms. The van der Waals surface area contributed by atoms with Gasteiger partial charge in [0.1, 0.15) is 11.9 Å². The monoisotopic (exact) mass is 348 g/mol. The smallest absolute Gasteiger partial charge is 0.289 e. The third-order valence-electron chi connectivity index (χ3n) is 4.28. The zero-order valence-corrected chi connectivity index (χ0v) is 14.7. The van der Waals surface area contributed by atoms with Crippen molar-refractivity contribution in [2.45, 2.75) is 26.4 Å². The Bertz CT molecular complexity index is 771. The molecular weight excluding hydrogens is 328 g/mol. The van der Waals surface area contributed by atoms with Crippen molar-refractivity contribution in [1.29, 1.82) is 0 Å². The average molecular weight is 349 g/mol. The maximum atomic E-state index is 12.7. The van der Waals surface area contributed by atoms with Gasteiger partial charge < -0.3 is 4.74 Å². The number of halogens is 1. The molecule has 1 atom stereocenters. The van der Waals surface area contributed by atoms with Crippen LogP contribution in [0.15, 0.2) is 29.1 Å². The SMILES string of the molecule is CCc1nc(-c2ccccc2Cl)nn(C(C)N2CCOCC2)c1=O. The van der Waals surface area contributed by atoms with E-state index in [2.05, 4.69) is 15.0 Å². The lowest BCUT2D eigenvalue weighted by atomic mass is 10.2. The molecule has 1 unspecified atom stereocenters. The molecule has 2 aromatic rings. The minimum absolute atomic E-state index is 0.146. The van der Waals surface area contributed by atoms with Gasteiger partial charge in [-0.15, -0.1) is 5.10 Å². The van der Waals surface area contributed by atoms with Crippen LogP contribution in [0.5, 0.6) is 0 Å². The van der Waals surface area contributed by atoms with Gasteiger partial charge in [0.2, 0.25) is 0 Å². The molecule has 1 aliphatic rings. The molecule has 3 rings (SSSR count). The number of ether oxygens (including phenoxy) is 1. The number of hydrogen-bond acceptors (Lipinski definition) is 5. The first kappa shape index (κ1) is 17.1. The van der Waals surface area contributed by atoms with Crippen molar-refractivity contribution in [2.75, 3.05) is 26.3 Å². The Morgan fingerprint density at radius 2 is 2.00 bits per heavy atom. The molecule has 1 aromatic carbocycles. The minimum Gasteiger partial charge on any atom is -0.379 e. The first-order valence-corrected chi connectivity index (χ1v) is 8.56. The molecule has 0 amide bonds. The van der Waals surface area contributed by atoms with Crippen LogP contribution in [0.2, 0.25) is 5.02 Å². The van der Waals surface area contributed by atoms with Crippen molar-refractivity contribution in [3.63, 3.8) is 0 Å². The van der Waals surface area contributed by atoms with Crippen LogP contribution in [0.1, 0.15) is 25.7 Å². The fraction of sp³-hybridized carbons (Fsp3) is 0.471. The van der Waals surface area contributed by atoms with Gasteiger partial charge in [-0.1, -0.05) is 30.7 Å². The first-order valence-electron chi connectivity index (χ1n) is 8.18. The highest BCUT2D eigenvalue weighted by Crippen LogP contribution is 2.24. The van der Waals surface area contributed by atoms with Gasteiger partial charge in [-0.3, -0.25) is 9.69 Å². The van der Waals surface area contributed by atoms with E-state index in [1.807, 2.05) is 32.0 Å². The van der Waals surface area contributed by atoms with E-state index in [1.54, 1.807) is 6.07 Å². The second kappa shape index (κ2) is 7.42. The molecule has 0 aliphatic carbocycles. The van der Waals surface area contributed by atoms with Crippen molar-refractivity contribution in [2.24, 2.45) is 0 Å². The largest absolute Gasteiger partial charge is 0.379 e. The predicted octanol–water partition coefficient (Wildman–Crippen LogP) is 2.37. The van der Waals surface area contributed by atoms with Gasteiger partial charge in [-0.2, -0.15) is 0 Å². The summed E-state index contributed by atoms with van der Waals surface area (Å²) in [5, 5.41) is 5.09. The van der Waals surface area contributed by atoms with Crippen molar-refractivity contribution in [3.05, 3.63) is 45.3 Å². The zero-order chi connectivity index (χ0) is 17.1. The minimum atomic E-state index is -0.157. The Labute approximate surface area is 146 Å². The van der Waals surface area contributed by atoms with Crippen molar-refractivity contribution < 1.29 is 4.74 Å². The van der Waals surface area contributed by atoms with E-state index < -0.39 is 0 Å². The quantitative estimate of drug-likeness (QED) is 0.849. The van der Waals surface area contributed by atoms with Crippen molar-refractivity contribution >= 4 is 11.6 Å². The second-order valence-corrected chi connectivity index (χ2v) is 6.15. The molecule has 0 radical (unpaired) electrons. The van der Waals surface area contributed by atoms with Crippen molar-refractivity contribution in [3.8, 4) is 11.4 Å². The molecule has 2 heterocycles. The fourth-order valence-corrected chi connectivity index (χ4v) is 3.04. The molecule has 0 N–H and O–H groups in total. The topological polar surface area (TPSA) is 60.3 Å². The van der Waals surface area contributed by atoms with Crippen LogP contribution in [0, 0.1) is 0 Å². The fourth-order valence-electron chi connectivity index (χ4n) is 2.82. The van der Waals surface area contributed by atoms with E-state index in [9.17, 15) is 4.79 Å². The third kappa shape index (κ3) is 3.36. The van der Waals surface area contributed by atoms with Crippen LogP contribution in [-0.4, -0.2) is 46.0 Å². The molecule has 1 saturated heterocycles. The lowest BCUT2D eigenvalue weighted by Crippen LogP contribution is -2.44. The molecule has 1 fully saturated rings. The van der Waals surface area contributed by atoms with Gasteiger partial charge in [0, 0.05) is 18.7 Å². The standard InChI is InChI=1S/C17H21ClN4O2/c1-3-15-17(23)22(12(2)21-8-10-24-11-9-21)20-16(19-15)13-6-4-5-7-14(13)18/h4-7,12H,3,8-11H2,1-2H3. The lowest BCUT2D eigenvalue weighted by molar-refractivity contribution is -0.000963. The van der Waals surface area contributed by atoms with Crippen LogP contribution in [0.25, 0.3) is 11.4 Å². The van der Waals surface area contributed by atoms with Gasteiger partial charge in [-0.05, 0) is 25.5 Å². The highest BCUT2D eigenvalue weighted by atomic mass is 35.5. The van der Waals surface area contributed by atoms with E-state index in [1.165, 1.54) is 4.68 Å².